The van der Waals surface area contributed by atoms with E-state index in [1.54, 1.807) is 7.11 Å². The number of nitrogens with one attached hydrogen (secondary N) is 1. The van der Waals surface area contributed by atoms with Crippen molar-refractivity contribution in [1.29, 1.82) is 0 Å². The minimum atomic E-state index is 0.102. The van der Waals surface area contributed by atoms with Crippen LogP contribution in [-0.4, -0.2) is 46.2 Å². The van der Waals surface area contributed by atoms with Gasteiger partial charge in [0.2, 0.25) is 0 Å². The van der Waals surface area contributed by atoms with E-state index in [1.807, 2.05) is 6.07 Å². The molecule has 2 unspecified atom stereocenters. The van der Waals surface area contributed by atoms with E-state index in [0.29, 0.717) is 26.4 Å². The van der Waals surface area contributed by atoms with Gasteiger partial charge in [-0.25, -0.2) is 0 Å². The summed E-state index contributed by atoms with van der Waals surface area (Å²) in [5, 5.41) is 3.56. The van der Waals surface area contributed by atoms with Gasteiger partial charge in [-0.05, 0) is 25.5 Å². The van der Waals surface area contributed by atoms with Crippen LogP contribution in [0.25, 0.3) is 0 Å². The lowest BCUT2D eigenvalue weighted by molar-refractivity contribution is -0.0129. The third-order valence-corrected chi connectivity index (χ3v) is 3.28. The van der Waals surface area contributed by atoms with Crippen LogP contribution in [0.1, 0.15) is 31.9 Å². The van der Waals surface area contributed by atoms with Crippen molar-refractivity contribution in [3.05, 3.63) is 35.9 Å². The first-order chi connectivity index (χ1) is 10.3. The molecule has 0 saturated carbocycles. The number of ether oxygens (including phenoxy) is 3. The third kappa shape index (κ3) is 7.58. The maximum Gasteiger partial charge on any atom is 0.0742 e. The second-order valence-corrected chi connectivity index (χ2v) is 5.02. The highest BCUT2D eigenvalue weighted by Crippen LogP contribution is 2.19. The second-order valence-electron chi connectivity index (χ2n) is 5.02. The maximum absolute atomic E-state index is 5.91. The smallest absolute Gasteiger partial charge is 0.0742 e. The van der Waals surface area contributed by atoms with Gasteiger partial charge in [0, 0.05) is 7.11 Å². The van der Waals surface area contributed by atoms with Gasteiger partial charge in [0.15, 0.2) is 0 Å². The molecule has 4 nitrogen and oxygen atoms in total. The normalized spacial score (nSPS) is 14.0. The molecule has 0 bridgehead atoms. The van der Waals surface area contributed by atoms with Crippen LogP contribution >= 0.6 is 0 Å². The number of rotatable bonds is 12. The molecule has 1 aromatic carbocycles. The van der Waals surface area contributed by atoms with Crippen LogP contribution in [0.3, 0.4) is 0 Å². The molecule has 1 N–H and O–H groups in total. The Morgan fingerprint density at radius 1 is 1.05 bits per heavy atom. The second kappa shape index (κ2) is 11.7. The van der Waals surface area contributed by atoms with E-state index in [0.717, 1.165) is 13.0 Å². The third-order valence-electron chi connectivity index (χ3n) is 3.28. The van der Waals surface area contributed by atoms with E-state index in [9.17, 15) is 0 Å². The Morgan fingerprint density at radius 2 is 1.76 bits per heavy atom. The monoisotopic (exact) mass is 295 g/mol. The van der Waals surface area contributed by atoms with Crippen molar-refractivity contribution in [3.63, 3.8) is 0 Å². The summed E-state index contributed by atoms with van der Waals surface area (Å²) in [4.78, 5) is 0. The van der Waals surface area contributed by atoms with Crippen LogP contribution in [0.15, 0.2) is 30.3 Å². The molecule has 120 valence electrons. The number of hydrogen-bond acceptors (Lipinski definition) is 4. The van der Waals surface area contributed by atoms with Crippen molar-refractivity contribution in [2.24, 2.45) is 0 Å². The van der Waals surface area contributed by atoms with Crippen LogP contribution in [0.2, 0.25) is 0 Å². The zero-order valence-corrected chi connectivity index (χ0v) is 13.5. The summed E-state index contributed by atoms with van der Waals surface area (Å²) in [6, 6.07) is 10.7. The van der Waals surface area contributed by atoms with E-state index in [-0.39, 0.29) is 12.1 Å². The number of hydrogen-bond donors (Lipinski definition) is 1. The van der Waals surface area contributed by atoms with Crippen molar-refractivity contribution in [3.8, 4) is 0 Å². The molecule has 0 amide bonds. The molecule has 2 atom stereocenters. The van der Waals surface area contributed by atoms with Gasteiger partial charge in [0.1, 0.15) is 0 Å². The van der Waals surface area contributed by atoms with Crippen molar-refractivity contribution in [2.75, 3.05) is 40.1 Å². The summed E-state index contributed by atoms with van der Waals surface area (Å²) in [6.07, 6.45) is 1.21. The molecule has 0 heterocycles. The molecular formula is C17H29NO3. The fourth-order valence-corrected chi connectivity index (χ4v) is 2.15. The van der Waals surface area contributed by atoms with Gasteiger partial charge in [0.05, 0.1) is 38.6 Å². The van der Waals surface area contributed by atoms with Crippen LogP contribution in [0.4, 0.5) is 0 Å². The molecule has 0 saturated heterocycles. The quantitative estimate of drug-likeness (QED) is 0.602. The van der Waals surface area contributed by atoms with E-state index in [2.05, 4.69) is 43.4 Å². The number of benzene rings is 1. The molecular weight excluding hydrogens is 266 g/mol. The fourth-order valence-electron chi connectivity index (χ4n) is 2.15. The number of methoxy groups -OCH3 is 1. The van der Waals surface area contributed by atoms with Crippen molar-refractivity contribution < 1.29 is 14.2 Å². The lowest BCUT2D eigenvalue weighted by Crippen LogP contribution is -2.33. The minimum absolute atomic E-state index is 0.102. The predicted octanol–water partition coefficient (Wildman–Crippen LogP) is 2.80. The summed E-state index contributed by atoms with van der Waals surface area (Å²) in [5.41, 5.74) is 1.26. The Kier molecular flexibility index (Phi) is 10.1. The largest absolute Gasteiger partial charge is 0.382 e. The summed E-state index contributed by atoms with van der Waals surface area (Å²) in [7, 11) is 1.67. The highest BCUT2D eigenvalue weighted by molar-refractivity contribution is 5.19. The molecule has 0 fully saturated rings. The highest BCUT2D eigenvalue weighted by Gasteiger charge is 2.18. The van der Waals surface area contributed by atoms with Crippen LogP contribution in [0, 0.1) is 0 Å². The molecule has 0 aromatic heterocycles. The first-order valence-electron chi connectivity index (χ1n) is 7.76. The summed E-state index contributed by atoms with van der Waals surface area (Å²) in [6.45, 7) is 7.70. The Hall–Kier alpha value is -0.940. The van der Waals surface area contributed by atoms with Gasteiger partial charge >= 0.3 is 0 Å². The Labute approximate surface area is 128 Å². The highest BCUT2D eigenvalue weighted by atomic mass is 16.5. The molecule has 21 heavy (non-hydrogen) atoms. The van der Waals surface area contributed by atoms with E-state index < -0.39 is 0 Å². The predicted molar refractivity (Wildman–Crippen MR) is 85.6 cm³/mol. The molecule has 0 spiro atoms. The topological polar surface area (TPSA) is 39.7 Å². The Bertz CT molecular complexity index is 345. The first kappa shape index (κ1) is 18.1. The van der Waals surface area contributed by atoms with E-state index in [1.165, 1.54) is 5.56 Å². The van der Waals surface area contributed by atoms with Crippen molar-refractivity contribution in [2.45, 2.75) is 32.4 Å². The Morgan fingerprint density at radius 3 is 2.43 bits per heavy atom. The lowest BCUT2D eigenvalue weighted by Gasteiger charge is -2.26. The molecule has 4 heteroatoms. The summed E-state index contributed by atoms with van der Waals surface area (Å²) < 4.78 is 16.3. The van der Waals surface area contributed by atoms with Gasteiger partial charge in [-0.1, -0.05) is 37.3 Å². The molecule has 0 radical (unpaired) electrons. The summed E-state index contributed by atoms with van der Waals surface area (Å²) in [5.74, 6) is 0. The molecule has 1 aromatic rings. The zero-order valence-electron chi connectivity index (χ0n) is 13.5. The Balaban J connectivity index is 2.39. The molecule has 0 aliphatic carbocycles. The SMILES string of the molecule is CCCNC(c1ccccc1)C(C)OCCOCCOC. The lowest BCUT2D eigenvalue weighted by atomic mass is 10.0. The van der Waals surface area contributed by atoms with Crippen LogP contribution < -0.4 is 5.32 Å². The van der Waals surface area contributed by atoms with E-state index >= 15 is 0 Å². The standard InChI is InChI=1S/C17H29NO3/c1-4-10-18-17(16-8-6-5-7-9-16)15(2)21-14-13-20-12-11-19-3/h5-9,15,17-18H,4,10-14H2,1-3H3. The minimum Gasteiger partial charge on any atom is -0.382 e. The van der Waals surface area contributed by atoms with Gasteiger partial charge in [0.25, 0.3) is 0 Å². The van der Waals surface area contributed by atoms with Gasteiger partial charge in [-0.2, -0.15) is 0 Å². The zero-order chi connectivity index (χ0) is 15.3. The maximum atomic E-state index is 5.91. The van der Waals surface area contributed by atoms with Crippen molar-refractivity contribution in [1.82, 2.24) is 5.32 Å². The average molecular weight is 295 g/mol. The van der Waals surface area contributed by atoms with Gasteiger partial charge in [-0.15, -0.1) is 0 Å². The van der Waals surface area contributed by atoms with Crippen LogP contribution in [-0.2, 0) is 14.2 Å². The molecule has 1 rings (SSSR count). The molecule has 0 aliphatic heterocycles. The van der Waals surface area contributed by atoms with Crippen LogP contribution in [0.5, 0.6) is 0 Å². The van der Waals surface area contributed by atoms with Crippen molar-refractivity contribution >= 4 is 0 Å². The summed E-state index contributed by atoms with van der Waals surface area (Å²) >= 11 is 0. The van der Waals surface area contributed by atoms with Gasteiger partial charge < -0.3 is 19.5 Å². The molecule has 0 aliphatic rings. The average Bonchev–Trinajstić information content (AvgIpc) is 2.52. The van der Waals surface area contributed by atoms with Gasteiger partial charge in [-0.3, -0.25) is 0 Å². The first-order valence-corrected chi connectivity index (χ1v) is 7.76. The van der Waals surface area contributed by atoms with E-state index in [4.69, 9.17) is 14.2 Å². The fraction of sp³-hybridized carbons (Fsp3) is 0.647.